The molecule has 0 spiro atoms. The van der Waals surface area contributed by atoms with Gasteiger partial charge in [-0.1, -0.05) is 13.8 Å². The number of rotatable bonds is 8. The Kier molecular flexibility index (Phi) is 6.41. The van der Waals surface area contributed by atoms with E-state index in [4.69, 9.17) is 14.5 Å². The summed E-state index contributed by atoms with van der Waals surface area (Å²) in [5.74, 6) is 0.447. The van der Waals surface area contributed by atoms with Crippen LogP contribution in [0.1, 0.15) is 36.8 Å². The van der Waals surface area contributed by atoms with Crippen molar-refractivity contribution in [3.63, 3.8) is 0 Å². The van der Waals surface area contributed by atoms with Crippen LogP contribution in [0.3, 0.4) is 0 Å². The summed E-state index contributed by atoms with van der Waals surface area (Å²) in [5.41, 5.74) is 1.21. The van der Waals surface area contributed by atoms with E-state index in [0.29, 0.717) is 12.0 Å². The molecule has 1 aromatic rings. The maximum Gasteiger partial charge on any atom is 0.185 e. The zero-order valence-electron chi connectivity index (χ0n) is 13.5. The van der Waals surface area contributed by atoms with Gasteiger partial charge in [0.25, 0.3) is 0 Å². The van der Waals surface area contributed by atoms with Crippen LogP contribution in [0.5, 0.6) is 0 Å². The summed E-state index contributed by atoms with van der Waals surface area (Å²) in [6, 6.07) is 0.463. The number of aromatic nitrogens is 1. The van der Waals surface area contributed by atoms with Gasteiger partial charge in [0.2, 0.25) is 0 Å². The second-order valence-corrected chi connectivity index (χ2v) is 6.82. The van der Waals surface area contributed by atoms with E-state index in [1.165, 1.54) is 10.6 Å². The highest BCUT2D eigenvalue weighted by Crippen LogP contribution is 2.32. The molecule has 2 heterocycles. The molecule has 1 unspecified atom stereocenters. The summed E-state index contributed by atoms with van der Waals surface area (Å²) < 4.78 is 10.6. The summed E-state index contributed by atoms with van der Waals surface area (Å²) in [6.07, 6.45) is 1.09. The fourth-order valence-electron chi connectivity index (χ4n) is 2.44. The molecule has 1 saturated heterocycles. The molecule has 0 radical (unpaired) electrons. The quantitative estimate of drug-likeness (QED) is 0.746. The highest BCUT2D eigenvalue weighted by Gasteiger charge is 2.24. The van der Waals surface area contributed by atoms with Crippen molar-refractivity contribution in [3.05, 3.63) is 10.6 Å². The molecular weight excluding hydrogens is 286 g/mol. The molecule has 5 nitrogen and oxygen atoms in total. The standard InChI is InChI=1S/C15H27N3O2S/c1-11(2)14-13(9-16-6-8-19-4)21-15(17-14)18(3)12-5-7-20-10-12/h11-12,16H,5-10H2,1-4H3. The van der Waals surface area contributed by atoms with Crippen molar-refractivity contribution in [3.8, 4) is 0 Å². The van der Waals surface area contributed by atoms with Crippen LogP contribution >= 0.6 is 11.3 Å². The Morgan fingerprint density at radius 1 is 1.52 bits per heavy atom. The average Bonchev–Trinajstić information content (AvgIpc) is 3.12. The number of methoxy groups -OCH3 is 1. The van der Waals surface area contributed by atoms with Crippen LogP contribution < -0.4 is 10.2 Å². The van der Waals surface area contributed by atoms with Crippen LogP contribution in [-0.2, 0) is 16.0 Å². The number of hydrogen-bond donors (Lipinski definition) is 1. The molecule has 0 saturated carbocycles. The third-order valence-electron chi connectivity index (χ3n) is 3.79. The third kappa shape index (κ3) is 4.39. The van der Waals surface area contributed by atoms with Crippen LogP contribution in [0.15, 0.2) is 0 Å². The smallest absolute Gasteiger partial charge is 0.185 e. The van der Waals surface area contributed by atoms with Gasteiger partial charge in [0.1, 0.15) is 0 Å². The van der Waals surface area contributed by atoms with E-state index >= 15 is 0 Å². The SMILES string of the molecule is COCCNCc1sc(N(C)C2CCOC2)nc1C(C)C. The van der Waals surface area contributed by atoms with E-state index in [-0.39, 0.29) is 0 Å². The number of ether oxygens (including phenoxy) is 2. The Hall–Kier alpha value is -0.690. The van der Waals surface area contributed by atoms with Gasteiger partial charge in [0.05, 0.1) is 24.9 Å². The number of nitrogens with zero attached hydrogens (tertiary/aromatic N) is 2. The Morgan fingerprint density at radius 2 is 2.33 bits per heavy atom. The van der Waals surface area contributed by atoms with Gasteiger partial charge in [-0.3, -0.25) is 0 Å². The van der Waals surface area contributed by atoms with Gasteiger partial charge < -0.3 is 19.7 Å². The first-order chi connectivity index (χ1) is 10.1. The maximum atomic E-state index is 5.48. The predicted molar refractivity (Wildman–Crippen MR) is 87.4 cm³/mol. The van der Waals surface area contributed by atoms with Crippen molar-refractivity contribution in [1.82, 2.24) is 10.3 Å². The maximum absolute atomic E-state index is 5.48. The van der Waals surface area contributed by atoms with Crippen molar-refractivity contribution < 1.29 is 9.47 Å². The minimum Gasteiger partial charge on any atom is -0.383 e. The van der Waals surface area contributed by atoms with E-state index < -0.39 is 0 Å². The number of hydrogen-bond acceptors (Lipinski definition) is 6. The predicted octanol–water partition coefficient (Wildman–Crippen LogP) is 2.23. The summed E-state index contributed by atoms with van der Waals surface area (Å²) in [5, 5.41) is 4.53. The Morgan fingerprint density at radius 3 is 2.95 bits per heavy atom. The first-order valence-electron chi connectivity index (χ1n) is 7.63. The van der Waals surface area contributed by atoms with Gasteiger partial charge in [0, 0.05) is 38.7 Å². The summed E-state index contributed by atoms with van der Waals surface area (Å²) in [4.78, 5) is 8.49. The van der Waals surface area contributed by atoms with E-state index in [0.717, 1.165) is 44.5 Å². The Balaban J connectivity index is 2.04. The molecule has 21 heavy (non-hydrogen) atoms. The normalized spacial score (nSPS) is 18.6. The summed E-state index contributed by atoms with van der Waals surface area (Å²) in [6.45, 7) is 8.56. The molecular formula is C15H27N3O2S. The van der Waals surface area contributed by atoms with E-state index in [1.807, 2.05) is 0 Å². The molecule has 0 amide bonds. The first-order valence-corrected chi connectivity index (χ1v) is 8.45. The molecule has 1 aliphatic heterocycles. The van der Waals surface area contributed by atoms with E-state index in [1.54, 1.807) is 18.4 Å². The fourth-order valence-corrected chi connectivity index (χ4v) is 3.66. The largest absolute Gasteiger partial charge is 0.383 e. The number of anilines is 1. The van der Waals surface area contributed by atoms with Crippen molar-refractivity contribution >= 4 is 16.5 Å². The monoisotopic (exact) mass is 313 g/mol. The topological polar surface area (TPSA) is 46.6 Å². The van der Waals surface area contributed by atoms with Crippen LogP contribution in [0.2, 0.25) is 0 Å². The van der Waals surface area contributed by atoms with E-state index in [2.05, 4.69) is 31.1 Å². The third-order valence-corrected chi connectivity index (χ3v) is 4.95. The second kappa shape index (κ2) is 8.08. The molecule has 1 atom stereocenters. The Bertz CT molecular complexity index is 431. The van der Waals surface area contributed by atoms with E-state index in [9.17, 15) is 0 Å². The summed E-state index contributed by atoms with van der Waals surface area (Å²) >= 11 is 1.80. The average molecular weight is 313 g/mol. The second-order valence-electron chi connectivity index (χ2n) is 5.76. The number of nitrogens with one attached hydrogen (secondary N) is 1. The lowest BCUT2D eigenvalue weighted by Gasteiger charge is -2.22. The molecule has 0 aliphatic carbocycles. The van der Waals surface area contributed by atoms with Gasteiger partial charge in [0.15, 0.2) is 5.13 Å². The van der Waals surface area contributed by atoms with Crippen LogP contribution in [0.4, 0.5) is 5.13 Å². The van der Waals surface area contributed by atoms with Crippen LogP contribution in [0, 0.1) is 0 Å². The van der Waals surface area contributed by atoms with Crippen molar-refractivity contribution in [2.75, 3.05) is 45.4 Å². The lowest BCUT2D eigenvalue weighted by Crippen LogP contribution is -2.31. The minimum absolute atomic E-state index is 0.447. The zero-order valence-corrected chi connectivity index (χ0v) is 14.3. The molecule has 0 bridgehead atoms. The summed E-state index contributed by atoms with van der Waals surface area (Å²) in [7, 11) is 3.86. The Labute approximate surface area is 131 Å². The lowest BCUT2D eigenvalue weighted by molar-refractivity contribution is 0.193. The van der Waals surface area contributed by atoms with Crippen molar-refractivity contribution in [2.45, 2.75) is 38.8 Å². The van der Waals surface area contributed by atoms with Gasteiger partial charge in [-0.15, -0.1) is 11.3 Å². The molecule has 1 aliphatic rings. The molecule has 1 fully saturated rings. The number of thiazole rings is 1. The molecule has 0 aromatic carbocycles. The molecule has 2 rings (SSSR count). The van der Waals surface area contributed by atoms with Crippen LogP contribution in [0.25, 0.3) is 0 Å². The van der Waals surface area contributed by atoms with Gasteiger partial charge in [-0.25, -0.2) is 4.98 Å². The van der Waals surface area contributed by atoms with Gasteiger partial charge in [-0.2, -0.15) is 0 Å². The molecule has 6 heteroatoms. The number of likely N-dealkylation sites (N-methyl/N-ethyl adjacent to an activating group) is 1. The highest BCUT2D eigenvalue weighted by atomic mass is 32.1. The molecule has 1 aromatic heterocycles. The van der Waals surface area contributed by atoms with Gasteiger partial charge >= 0.3 is 0 Å². The van der Waals surface area contributed by atoms with Crippen LogP contribution in [-0.4, -0.2) is 51.5 Å². The zero-order chi connectivity index (χ0) is 15.2. The first kappa shape index (κ1) is 16.7. The molecule has 1 N–H and O–H groups in total. The van der Waals surface area contributed by atoms with Crippen molar-refractivity contribution in [2.24, 2.45) is 0 Å². The molecule has 120 valence electrons. The lowest BCUT2D eigenvalue weighted by atomic mass is 10.1. The highest BCUT2D eigenvalue weighted by molar-refractivity contribution is 7.15. The van der Waals surface area contributed by atoms with Crippen molar-refractivity contribution in [1.29, 1.82) is 0 Å². The van der Waals surface area contributed by atoms with Gasteiger partial charge in [-0.05, 0) is 12.3 Å². The minimum atomic E-state index is 0.447. The fraction of sp³-hybridized carbons (Fsp3) is 0.800.